The van der Waals surface area contributed by atoms with E-state index in [2.05, 4.69) is 16.9 Å². The molecule has 0 fully saturated rings. The van der Waals surface area contributed by atoms with Crippen LogP contribution in [0.5, 0.6) is 0 Å². The standard InChI is InChI=1S/C14H14N2O2/c1-2-10-3-5-11(6-4-10)14-12(7-13(17)18)8-15-9-16-14/h3-6,8-9H,2,7H2,1H3,(H,17,18). The van der Waals surface area contributed by atoms with Crippen LogP contribution in [0.15, 0.2) is 36.8 Å². The molecule has 2 aromatic rings. The molecule has 0 saturated carbocycles. The van der Waals surface area contributed by atoms with Gasteiger partial charge in [0.05, 0.1) is 12.1 Å². The Morgan fingerprint density at radius 3 is 2.61 bits per heavy atom. The van der Waals surface area contributed by atoms with E-state index >= 15 is 0 Å². The van der Waals surface area contributed by atoms with Crippen LogP contribution < -0.4 is 0 Å². The summed E-state index contributed by atoms with van der Waals surface area (Å²) >= 11 is 0. The fourth-order valence-corrected chi connectivity index (χ4v) is 1.81. The lowest BCUT2D eigenvalue weighted by molar-refractivity contribution is -0.136. The van der Waals surface area contributed by atoms with Crippen LogP contribution in [0.4, 0.5) is 0 Å². The molecule has 1 aromatic carbocycles. The molecule has 2 rings (SSSR count). The molecule has 0 unspecified atom stereocenters. The highest BCUT2D eigenvalue weighted by molar-refractivity contribution is 5.74. The molecule has 4 heteroatoms. The van der Waals surface area contributed by atoms with Crippen LogP contribution in [0, 0.1) is 0 Å². The number of aromatic nitrogens is 2. The summed E-state index contributed by atoms with van der Waals surface area (Å²) in [5, 5.41) is 8.86. The lowest BCUT2D eigenvalue weighted by atomic mass is 10.0. The van der Waals surface area contributed by atoms with E-state index in [1.807, 2.05) is 24.3 Å². The summed E-state index contributed by atoms with van der Waals surface area (Å²) in [6.07, 6.45) is 3.91. The lowest BCUT2D eigenvalue weighted by Gasteiger charge is -2.06. The highest BCUT2D eigenvalue weighted by Crippen LogP contribution is 2.21. The summed E-state index contributed by atoms with van der Waals surface area (Å²) in [7, 11) is 0. The normalized spacial score (nSPS) is 10.3. The van der Waals surface area contributed by atoms with Crippen LogP contribution in [0.3, 0.4) is 0 Å². The molecule has 0 amide bonds. The maximum Gasteiger partial charge on any atom is 0.307 e. The minimum Gasteiger partial charge on any atom is -0.481 e. The molecular formula is C14H14N2O2. The number of aryl methyl sites for hydroxylation is 1. The van der Waals surface area contributed by atoms with Crippen molar-refractivity contribution in [1.29, 1.82) is 0 Å². The third-order valence-electron chi connectivity index (χ3n) is 2.77. The largest absolute Gasteiger partial charge is 0.481 e. The number of hydrogen-bond acceptors (Lipinski definition) is 3. The van der Waals surface area contributed by atoms with Gasteiger partial charge in [-0.1, -0.05) is 31.2 Å². The Labute approximate surface area is 105 Å². The number of carbonyl (C=O) groups is 1. The zero-order valence-corrected chi connectivity index (χ0v) is 10.1. The monoisotopic (exact) mass is 242 g/mol. The van der Waals surface area contributed by atoms with E-state index in [4.69, 9.17) is 5.11 Å². The molecule has 0 saturated heterocycles. The van der Waals surface area contributed by atoms with Gasteiger partial charge in [0.25, 0.3) is 0 Å². The number of carboxylic acids is 1. The molecule has 0 atom stereocenters. The van der Waals surface area contributed by atoms with Gasteiger partial charge in [-0.05, 0) is 12.0 Å². The maximum absolute atomic E-state index is 10.8. The second-order valence-electron chi connectivity index (χ2n) is 4.02. The number of carboxylic acid groups (broad SMARTS) is 1. The van der Waals surface area contributed by atoms with Crippen molar-refractivity contribution < 1.29 is 9.90 Å². The predicted octanol–water partition coefficient (Wildman–Crippen LogP) is 2.33. The van der Waals surface area contributed by atoms with Gasteiger partial charge >= 0.3 is 5.97 Å². The van der Waals surface area contributed by atoms with Gasteiger partial charge in [-0.15, -0.1) is 0 Å². The lowest BCUT2D eigenvalue weighted by Crippen LogP contribution is -2.03. The van der Waals surface area contributed by atoms with Gasteiger partial charge in [-0.3, -0.25) is 4.79 Å². The summed E-state index contributed by atoms with van der Waals surface area (Å²) < 4.78 is 0. The summed E-state index contributed by atoms with van der Waals surface area (Å²) in [5.41, 5.74) is 3.49. The first-order valence-electron chi connectivity index (χ1n) is 5.80. The first kappa shape index (κ1) is 12.2. The van der Waals surface area contributed by atoms with E-state index < -0.39 is 5.97 Å². The zero-order valence-electron chi connectivity index (χ0n) is 10.1. The van der Waals surface area contributed by atoms with Gasteiger partial charge in [-0.2, -0.15) is 0 Å². The van der Waals surface area contributed by atoms with Gasteiger partial charge in [-0.25, -0.2) is 9.97 Å². The number of benzene rings is 1. The molecule has 0 spiro atoms. The van der Waals surface area contributed by atoms with Gasteiger partial charge in [0, 0.05) is 17.3 Å². The van der Waals surface area contributed by atoms with Crippen LogP contribution in [0.1, 0.15) is 18.1 Å². The Kier molecular flexibility index (Phi) is 3.67. The average molecular weight is 242 g/mol. The van der Waals surface area contributed by atoms with E-state index in [0.717, 1.165) is 12.0 Å². The van der Waals surface area contributed by atoms with E-state index in [-0.39, 0.29) is 6.42 Å². The number of hydrogen-bond donors (Lipinski definition) is 1. The molecule has 92 valence electrons. The Balaban J connectivity index is 2.39. The van der Waals surface area contributed by atoms with Crippen molar-refractivity contribution in [3.8, 4) is 11.3 Å². The first-order chi connectivity index (χ1) is 8.70. The molecule has 0 bridgehead atoms. The first-order valence-corrected chi connectivity index (χ1v) is 5.80. The molecule has 1 N–H and O–H groups in total. The fourth-order valence-electron chi connectivity index (χ4n) is 1.81. The highest BCUT2D eigenvalue weighted by atomic mass is 16.4. The Hall–Kier alpha value is -2.23. The molecule has 0 radical (unpaired) electrons. The predicted molar refractivity (Wildman–Crippen MR) is 68.2 cm³/mol. The Bertz CT molecular complexity index is 550. The zero-order chi connectivity index (χ0) is 13.0. The minimum absolute atomic E-state index is 0.0638. The van der Waals surface area contributed by atoms with Gasteiger partial charge in [0.15, 0.2) is 0 Å². The SMILES string of the molecule is CCc1ccc(-c2ncncc2CC(=O)O)cc1. The topological polar surface area (TPSA) is 63.1 Å². The van der Waals surface area contributed by atoms with Gasteiger partial charge in [0.1, 0.15) is 6.33 Å². The van der Waals surface area contributed by atoms with Gasteiger partial charge in [0.2, 0.25) is 0 Å². The van der Waals surface area contributed by atoms with Crippen molar-refractivity contribution in [2.75, 3.05) is 0 Å². The van der Waals surface area contributed by atoms with Crippen LogP contribution in [0.2, 0.25) is 0 Å². The second kappa shape index (κ2) is 5.40. The average Bonchev–Trinajstić information content (AvgIpc) is 2.39. The smallest absolute Gasteiger partial charge is 0.307 e. The summed E-state index contributed by atoms with van der Waals surface area (Å²) in [6.45, 7) is 2.09. The quantitative estimate of drug-likeness (QED) is 0.893. The minimum atomic E-state index is -0.878. The van der Waals surface area contributed by atoms with Crippen LogP contribution in [-0.2, 0) is 17.6 Å². The summed E-state index contributed by atoms with van der Waals surface area (Å²) in [6, 6.07) is 7.99. The Morgan fingerprint density at radius 1 is 1.28 bits per heavy atom. The van der Waals surface area contributed by atoms with Crippen molar-refractivity contribution in [1.82, 2.24) is 9.97 Å². The van der Waals surface area contributed by atoms with E-state index in [1.54, 1.807) is 6.20 Å². The molecule has 0 aliphatic rings. The van der Waals surface area contributed by atoms with Crippen molar-refractivity contribution in [2.45, 2.75) is 19.8 Å². The summed E-state index contributed by atoms with van der Waals surface area (Å²) in [5.74, 6) is -0.878. The molecule has 0 aliphatic heterocycles. The molecule has 1 heterocycles. The van der Waals surface area contributed by atoms with Crippen LogP contribution >= 0.6 is 0 Å². The van der Waals surface area contributed by atoms with Gasteiger partial charge < -0.3 is 5.11 Å². The Morgan fingerprint density at radius 2 is 2.00 bits per heavy atom. The van der Waals surface area contributed by atoms with Crippen molar-refractivity contribution in [3.05, 3.63) is 47.9 Å². The highest BCUT2D eigenvalue weighted by Gasteiger charge is 2.10. The summed E-state index contributed by atoms with van der Waals surface area (Å²) in [4.78, 5) is 18.9. The third-order valence-corrected chi connectivity index (χ3v) is 2.77. The van der Waals surface area contributed by atoms with Crippen molar-refractivity contribution >= 4 is 5.97 Å². The van der Waals surface area contributed by atoms with Crippen LogP contribution in [0.25, 0.3) is 11.3 Å². The molecular weight excluding hydrogens is 228 g/mol. The second-order valence-corrected chi connectivity index (χ2v) is 4.02. The van der Waals surface area contributed by atoms with Crippen LogP contribution in [-0.4, -0.2) is 21.0 Å². The maximum atomic E-state index is 10.8. The van der Waals surface area contributed by atoms with E-state index in [1.165, 1.54) is 11.9 Å². The fraction of sp³-hybridized carbons (Fsp3) is 0.214. The number of aliphatic carboxylic acids is 1. The van der Waals surface area contributed by atoms with E-state index in [9.17, 15) is 4.79 Å². The number of rotatable bonds is 4. The van der Waals surface area contributed by atoms with Crippen molar-refractivity contribution in [3.63, 3.8) is 0 Å². The number of nitrogens with zero attached hydrogens (tertiary/aromatic N) is 2. The third kappa shape index (κ3) is 2.71. The molecule has 0 aliphatic carbocycles. The van der Waals surface area contributed by atoms with E-state index in [0.29, 0.717) is 11.3 Å². The molecule has 18 heavy (non-hydrogen) atoms. The molecule has 4 nitrogen and oxygen atoms in total. The molecule has 1 aromatic heterocycles. The van der Waals surface area contributed by atoms with Crippen molar-refractivity contribution in [2.24, 2.45) is 0 Å².